The summed E-state index contributed by atoms with van der Waals surface area (Å²) in [5, 5.41) is 18.4. The van der Waals surface area contributed by atoms with Crippen LogP contribution in [0.1, 0.15) is 43.4 Å². The van der Waals surface area contributed by atoms with Crippen LogP contribution in [0.5, 0.6) is 0 Å². The van der Waals surface area contributed by atoms with Gasteiger partial charge in [-0.05, 0) is 18.6 Å². The number of rotatable bonds is 4. The smallest absolute Gasteiger partial charge is 0.337 e. The summed E-state index contributed by atoms with van der Waals surface area (Å²) in [6.07, 6.45) is 0.572. The topological polar surface area (TPSA) is 75.3 Å². The number of nitrogens with zero attached hydrogens (tertiary/aromatic N) is 2. The van der Waals surface area contributed by atoms with E-state index >= 15 is 0 Å². The zero-order chi connectivity index (χ0) is 14.9. The van der Waals surface area contributed by atoms with Gasteiger partial charge in [-0.2, -0.15) is 0 Å². The summed E-state index contributed by atoms with van der Waals surface area (Å²) in [6.45, 7) is 6.76. The molecule has 1 aromatic carbocycles. The number of aryl methyl sites for hydroxylation is 1. The van der Waals surface area contributed by atoms with Gasteiger partial charge in [0.25, 0.3) is 0 Å². The van der Waals surface area contributed by atoms with Gasteiger partial charge < -0.3 is 14.8 Å². The second kappa shape index (κ2) is 5.25. The summed E-state index contributed by atoms with van der Waals surface area (Å²) in [4.78, 5) is 16.0. The number of aliphatic hydroxyl groups excluding tert-OH is 1. The Kier molecular flexibility index (Phi) is 3.81. The van der Waals surface area contributed by atoms with Gasteiger partial charge >= 0.3 is 5.97 Å². The first-order chi connectivity index (χ1) is 9.36. The summed E-state index contributed by atoms with van der Waals surface area (Å²) in [5.74, 6) is -0.115. The Hall–Kier alpha value is -1.88. The van der Waals surface area contributed by atoms with Crippen LogP contribution in [0.25, 0.3) is 11.0 Å². The number of carboxylic acids is 1. The number of hydrogen-bond acceptors (Lipinski definition) is 3. The molecule has 20 heavy (non-hydrogen) atoms. The first-order valence-corrected chi connectivity index (χ1v) is 6.70. The fraction of sp³-hybridized carbons (Fsp3) is 0.467. The van der Waals surface area contributed by atoms with E-state index in [1.807, 2.05) is 31.4 Å². The highest BCUT2D eigenvalue weighted by Crippen LogP contribution is 2.28. The minimum atomic E-state index is -0.957. The highest BCUT2D eigenvalue weighted by atomic mass is 16.4. The van der Waals surface area contributed by atoms with Crippen molar-refractivity contribution in [3.63, 3.8) is 0 Å². The fourth-order valence-corrected chi connectivity index (χ4v) is 2.38. The Balaban J connectivity index is 2.75. The maximum atomic E-state index is 11.4. The number of benzene rings is 1. The van der Waals surface area contributed by atoms with E-state index in [1.165, 1.54) is 0 Å². The molecule has 0 bridgehead atoms. The molecule has 2 N–H and O–H groups in total. The van der Waals surface area contributed by atoms with E-state index < -0.39 is 5.97 Å². The van der Waals surface area contributed by atoms with E-state index in [1.54, 1.807) is 12.1 Å². The van der Waals surface area contributed by atoms with Gasteiger partial charge in [-0.15, -0.1) is 0 Å². The largest absolute Gasteiger partial charge is 0.478 e. The monoisotopic (exact) mass is 276 g/mol. The molecule has 1 aromatic heterocycles. The molecule has 0 fully saturated rings. The maximum absolute atomic E-state index is 11.4. The van der Waals surface area contributed by atoms with Crippen molar-refractivity contribution in [3.8, 4) is 0 Å². The summed E-state index contributed by atoms with van der Waals surface area (Å²) in [7, 11) is 0. The molecule has 0 aliphatic heterocycles. The SMILES string of the molecule is CC(C)(C)c1nc2cccc(C(=O)O)c2n1CCCO. The van der Waals surface area contributed by atoms with E-state index in [0.717, 1.165) is 5.82 Å². The Morgan fingerprint density at radius 3 is 2.60 bits per heavy atom. The van der Waals surface area contributed by atoms with E-state index in [0.29, 0.717) is 24.0 Å². The number of imidazole rings is 1. The zero-order valence-electron chi connectivity index (χ0n) is 12.1. The first-order valence-electron chi connectivity index (χ1n) is 6.70. The van der Waals surface area contributed by atoms with Gasteiger partial charge in [0.1, 0.15) is 5.82 Å². The van der Waals surface area contributed by atoms with Crippen LogP contribution < -0.4 is 0 Å². The Bertz CT molecular complexity index is 638. The van der Waals surface area contributed by atoms with E-state index in [-0.39, 0.29) is 17.6 Å². The molecule has 0 aliphatic rings. The average Bonchev–Trinajstić information content (AvgIpc) is 2.74. The van der Waals surface area contributed by atoms with Crippen molar-refractivity contribution >= 4 is 17.0 Å². The van der Waals surface area contributed by atoms with Gasteiger partial charge in [-0.25, -0.2) is 9.78 Å². The van der Waals surface area contributed by atoms with Crippen molar-refractivity contribution in [2.45, 2.75) is 39.2 Å². The van der Waals surface area contributed by atoms with Crippen molar-refractivity contribution in [3.05, 3.63) is 29.6 Å². The number of aliphatic hydroxyl groups is 1. The minimum Gasteiger partial charge on any atom is -0.478 e. The third kappa shape index (κ3) is 2.54. The molecule has 0 aliphatic carbocycles. The Morgan fingerprint density at radius 2 is 2.05 bits per heavy atom. The van der Waals surface area contributed by atoms with E-state index in [4.69, 9.17) is 5.11 Å². The van der Waals surface area contributed by atoms with Gasteiger partial charge in [0.05, 0.1) is 16.6 Å². The van der Waals surface area contributed by atoms with Crippen molar-refractivity contribution < 1.29 is 15.0 Å². The highest BCUT2D eigenvalue weighted by Gasteiger charge is 2.25. The van der Waals surface area contributed by atoms with Crippen LogP contribution in [0.3, 0.4) is 0 Å². The highest BCUT2D eigenvalue weighted by molar-refractivity contribution is 6.01. The molecule has 0 amide bonds. The van der Waals surface area contributed by atoms with Crippen LogP contribution in [-0.4, -0.2) is 32.3 Å². The normalized spacial score (nSPS) is 12.0. The molecule has 0 saturated carbocycles. The first kappa shape index (κ1) is 14.5. The molecular weight excluding hydrogens is 256 g/mol. The van der Waals surface area contributed by atoms with Crippen LogP contribution in [0, 0.1) is 0 Å². The lowest BCUT2D eigenvalue weighted by Crippen LogP contribution is -2.20. The lowest BCUT2D eigenvalue weighted by Gasteiger charge is -2.20. The molecule has 1 heterocycles. The second-order valence-electron chi connectivity index (χ2n) is 5.89. The van der Waals surface area contributed by atoms with Gasteiger partial charge in [0.2, 0.25) is 0 Å². The van der Waals surface area contributed by atoms with Crippen molar-refractivity contribution in [2.75, 3.05) is 6.61 Å². The molecule has 0 spiro atoms. The van der Waals surface area contributed by atoms with Crippen LogP contribution >= 0.6 is 0 Å². The summed E-state index contributed by atoms with van der Waals surface area (Å²) >= 11 is 0. The number of para-hydroxylation sites is 1. The second-order valence-corrected chi connectivity index (χ2v) is 5.89. The fourth-order valence-electron chi connectivity index (χ4n) is 2.38. The number of fused-ring (bicyclic) bond motifs is 1. The number of carboxylic acid groups (broad SMARTS) is 1. The zero-order valence-corrected chi connectivity index (χ0v) is 12.1. The summed E-state index contributed by atoms with van der Waals surface area (Å²) in [5.41, 5.74) is 1.39. The third-order valence-corrected chi connectivity index (χ3v) is 3.21. The average molecular weight is 276 g/mol. The number of aromatic nitrogens is 2. The molecule has 0 radical (unpaired) electrons. The lowest BCUT2D eigenvalue weighted by atomic mass is 9.95. The predicted molar refractivity (Wildman–Crippen MR) is 77.1 cm³/mol. The van der Waals surface area contributed by atoms with Gasteiger partial charge in [0.15, 0.2) is 0 Å². The standard InChI is InChI=1S/C15H20N2O3/c1-15(2,3)14-16-11-7-4-6-10(13(19)20)12(11)17(14)8-5-9-18/h4,6-7,18H,5,8-9H2,1-3H3,(H,19,20). The van der Waals surface area contributed by atoms with Crippen LogP contribution in [0.15, 0.2) is 18.2 Å². The van der Waals surface area contributed by atoms with Crippen LogP contribution in [-0.2, 0) is 12.0 Å². The third-order valence-electron chi connectivity index (χ3n) is 3.21. The molecule has 0 saturated heterocycles. The van der Waals surface area contributed by atoms with Gasteiger partial charge in [0, 0.05) is 18.6 Å². The van der Waals surface area contributed by atoms with E-state index in [9.17, 15) is 9.90 Å². The minimum absolute atomic E-state index is 0.0680. The molecule has 2 aromatic rings. The van der Waals surface area contributed by atoms with Crippen molar-refractivity contribution in [1.29, 1.82) is 0 Å². The Morgan fingerprint density at radius 1 is 1.35 bits per heavy atom. The molecule has 0 unspecified atom stereocenters. The van der Waals surface area contributed by atoms with Crippen LogP contribution in [0.2, 0.25) is 0 Å². The van der Waals surface area contributed by atoms with Crippen molar-refractivity contribution in [2.24, 2.45) is 0 Å². The lowest BCUT2D eigenvalue weighted by molar-refractivity contribution is 0.0698. The van der Waals surface area contributed by atoms with Gasteiger partial charge in [-0.3, -0.25) is 0 Å². The van der Waals surface area contributed by atoms with E-state index in [2.05, 4.69) is 4.98 Å². The summed E-state index contributed by atoms with van der Waals surface area (Å²) < 4.78 is 1.93. The Labute approximate surface area is 117 Å². The number of hydrogen-bond donors (Lipinski definition) is 2. The quantitative estimate of drug-likeness (QED) is 0.899. The maximum Gasteiger partial charge on any atom is 0.337 e. The predicted octanol–water partition coefficient (Wildman–Crippen LogP) is 2.41. The number of aromatic carboxylic acids is 1. The molecule has 2 rings (SSSR count). The van der Waals surface area contributed by atoms with Gasteiger partial charge in [-0.1, -0.05) is 26.8 Å². The summed E-state index contributed by atoms with van der Waals surface area (Å²) in [6, 6.07) is 5.13. The molecule has 0 atom stereocenters. The van der Waals surface area contributed by atoms with Crippen molar-refractivity contribution in [1.82, 2.24) is 9.55 Å². The number of carbonyl (C=O) groups is 1. The molecule has 108 valence electrons. The molecule has 5 heteroatoms. The molecule has 5 nitrogen and oxygen atoms in total. The van der Waals surface area contributed by atoms with Crippen LogP contribution in [0.4, 0.5) is 0 Å². The molecular formula is C15H20N2O3.